The maximum absolute atomic E-state index is 13.3. The number of aromatic amines is 1. The number of H-pyrrole nitrogens is 1. The average Bonchev–Trinajstić information content (AvgIpc) is 3.35. The number of hydrogen-bond donors (Lipinski definition) is 10. The van der Waals surface area contributed by atoms with E-state index in [0.717, 1.165) is 10.9 Å². The number of nitrogens with one attached hydrogen (secondary N) is 4. The number of carbonyl (C=O) groups excluding carboxylic acids is 3. The van der Waals surface area contributed by atoms with Gasteiger partial charge in [0.05, 0.1) is 12.6 Å². The van der Waals surface area contributed by atoms with Gasteiger partial charge in [-0.1, -0.05) is 18.2 Å². The molecule has 1 heterocycles. The summed E-state index contributed by atoms with van der Waals surface area (Å²) in [5.74, 6) is -3.57. The SMILES string of the molecule is NCCCCC(NC(=O)C(Cc1c[nH]c2ccccc12)NC(=O)C(CO)NC(=O)C(N)CCCN=C(N)N)C(=O)O. The van der Waals surface area contributed by atoms with Crippen LogP contribution in [0.4, 0.5) is 0 Å². The predicted molar refractivity (Wildman–Crippen MR) is 153 cm³/mol. The smallest absolute Gasteiger partial charge is 0.326 e. The summed E-state index contributed by atoms with van der Waals surface area (Å²) in [6, 6.07) is 2.53. The fourth-order valence-corrected chi connectivity index (χ4v) is 4.15. The molecule has 1 aromatic carbocycles. The number of benzene rings is 1. The van der Waals surface area contributed by atoms with Crippen LogP contribution < -0.4 is 38.9 Å². The Kier molecular flexibility index (Phi) is 13.5. The molecule has 4 atom stereocenters. The van der Waals surface area contributed by atoms with Crippen molar-refractivity contribution in [3.05, 3.63) is 36.0 Å². The van der Waals surface area contributed by atoms with E-state index in [1.807, 2.05) is 24.3 Å². The van der Waals surface area contributed by atoms with Crippen LogP contribution in [0.5, 0.6) is 0 Å². The number of guanidine groups is 1. The van der Waals surface area contributed by atoms with Crippen LogP contribution in [0.3, 0.4) is 0 Å². The second kappa shape index (κ2) is 16.8. The van der Waals surface area contributed by atoms with Crippen LogP contribution in [0.25, 0.3) is 10.9 Å². The molecule has 0 spiro atoms. The number of aliphatic hydroxyl groups is 1. The predicted octanol–water partition coefficient (Wildman–Crippen LogP) is -2.25. The fourth-order valence-electron chi connectivity index (χ4n) is 4.15. The van der Waals surface area contributed by atoms with Crippen molar-refractivity contribution in [3.63, 3.8) is 0 Å². The quantitative estimate of drug-likeness (QED) is 0.0518. The number of aromatic nitrogens is 1. The minimum Gasteiger partial charge on any atom is -0.480 e. The number of fused-ring (bicyclic) bond motifs is 1. The highest BCUT2D eigenvalue weighted by molar-refractivity contribution is 5.95. The first-order valence-electron chi connectivity index (χ1n) is 13.4. The van der Waals surface area contributed by atoms with Gasteiger partial charge in [0.2, 0.25) is 17.7 Å². The molecule has 3 amide bonds. The third kappa shape index (κ3) is 10.7. The number of aliphatic imine (C=N–C) groups is 1. The zero-order valence-electron chi connectivity index (χ0n) is 22.8. The Bertz CT molecular complexity index is 1200. The maximum atomic E-state index is 13.3. The van der Waals surface area contributed by atoms with Gasteiger partial charge in [-0.15, -0.1) is 0 Å². The van der Waals surface area contributed by atoms with E-state index in [2.05, 4.69) is 25.9 Å². The molecule has 2 rings (SSSR count). The van der Waals surface area contributed by atoms with Crippen molar-refractivity contribution in [2.45, 2.75) is 62.7 Å². The summed E-state index contributed by atoms with van der Waals surface area (Å²) in [6.07, 6.45) is 3.55. The standard InChI is InChI=1S/C26H41N9O6/c27-10-4-3-9-19(25(40)41)33-23(38)20(12-15-13-32-18-8-2-1-6-16(15)18)34-24(39)21(14-36)35-22(37)17(28)7-5-11-31-26(29)30/h1-2,6,8,13,17,19-21,32,36H,3-5,7,9-12,14,27-28H2,(H,33,38)(H,34,39)(H,35,37)(H,40,41)(H4,29,30,31). The first kappa shape index (κ1) is 33.0. The number of para-hydroxylation sites is 1. The first-order chi connectivity index (χ1) is 19.6. The van der Waals surface area contributed by atoms with Crippen molar-refractivity contribution in [3.8, 4) is 0 Å². The number of amides is 3. The number of nitrogens with zero attached hydrogens (tertiary/aromatic N) is 1. The van der Waals surface area contributed by atoms with Crippen molar-refractivity contribution in [2.75, 3.05) is 19.7 Å². The molecule has 226 valence electrons. The van der Waals surface area contributed by atoms with Gasteiger partial charge in [-0.25, -0.2) is 4.79 Å². The van der Waals surface area contributed by atoms with Gasteiger partial charge >= 0.3 is 5.97 Å². The molecule has 0 radical (unpaired) electrons. The lowest BCUT2D eigenvalue weighted by molar-refractivity contribution is -0.142. The van der Waals surface area contributed by atoms with Crippen molar-refractivity contribution < 1.29 is 29.4 Å². The molecule has 41 heavy (non-hydrogen) atoms. The van der Waals surface area contributed by atoms with Crippen molar-refractivity contribution in [1.82, 2.24) is 20.9 Å². The summed E-state index contributed by atoms with van der Waals surface area (Å²) in [7, 11) is 0. The maximum Gasteiger partial charge on any atom is 0.326 e. The third-order valence-electron chi connectivity index (χ3n) is 6.41. The largest absolute Gasteiger partial charge is 0.480 e. The minimum atomic E-state index is -1.41. The molecule has 0 aliphatic rings. The summed E-state index contributed by atoms with van der Waals surface area (Å²) in [5, 5.41) is 27.7. The van der Waals surface area contributed by atoms with E-state index in [4.69, 9.17) is 22.9 Å². The van der Waals surface area contributed by atoms with E-state index in [9.17, 15) is 29.4 Å². The van der Waals surface area contributed by atoms with Crippen LogP contribution in [-0.2, 0) is 25.6 Å². The Morgan fingerprint density at radius 3 is 2.22 bits per heavy atom. The zero-order valence-corrected chi connectivity index (χ0v) is 22.8. The molecule has 15 nitrogen and oxygen atoms in total. The highest BCUT2D eigenvalue weighted by atomic mass is 16.4. The first-order valence-corrected chi connectivity index (χ1v) is 13.4. The summed E-state index contributed by atoms with van der Waals surface area (Å²) in [4.78, 5) is 57.6. The second-order valence-corrected chi connectivity index (χ2v) is 9.61. The lowest BCUT2D eigenvalue weighted by atomic mass is 10.0. The van der Waals surface area contributed by atoms with E-state index in [1.54, 1.807) is 6.20 Å². The number of rotatable bonds is 18. The van der Waals surface area contributed by atoms with E-state index in [1.165, 1.54) is 0 Å². The number of carboxylic acid groups (broad SMARTS) is 1. The molecule has 0 bridgehead atoms. The van der Waals surface area contributed by atoms with Crippen molar-refractivity contribution in [2.24, 2.45) is 27.9 Å². The van der Waals surface area contributed by atoms with E-state index in [0.29, 0.717) is 31.4 Å². The molecule has 15 heteroatoms. The molecule has 4 unspecified atom stereocenters. The van der Waals surface area contributed by atoms with Gasteiger partial charge < -0.3 is 54.1 Å². The number of aliphatic carboxylic acids is 1. The molecule has 2 aromatic rings. The number of hydrogen-bond acceptors (Lipinski definition) is 8. The minimum absolute atomic E-state index is 0.00707. The third-order valence-corrected chi connectivity index (χ3v) is 6.41. The Hall–Kier alpha value is -4.21. The van der Waals surface area contributed by atoms with Gasteiger partial charge in [0.15, 0.2) is 5.96 Å². The highest BCUT2D eigenvalue weighted by Crippen LogP contribution is 2.19. The lowest BCUT2D eigenvalue weighted by Gasteiger charge is -2.24. The van der Waals surface area contributed by atoms with Gasteiger partial charge in [-0.2, -0.15) is 0 Å². The molecule has 1 aromatic heterocycles. The van der Waals surface area contributed by atoms with Gasteiger partial charge in [0.1, 0.15) is 18.1 Å². The Morgan fingerprint density at radius 1 is 0.902 bits per heavy atom. The van der Waals surface area contributed by atoms with Crippen LogP contribution in [0.1, 0.15) is 37.7 Å². The number of carboxylic acids is 1. The zero-order chi connectivity index (χ0) is 30.4. The monoisotopic (exact) mass is 575 g/mol. The van der Waals surface area contributed by atoms with E-state index < -0.39 is 54.5 Å². The summed E-state index contributed by atoms with van der Waals surface area (Å²) in [5.41, 5.74) is 23.4. The molecule has 0 aliphatic heterocycles. The molecule has 0 fully saturated rings. The Morgan fingerprint density at radius 2 is 1.56 bits per heavy atom. The van der Waals surface area contributed by atoms with Crippen LogP contribution in [-0.4, -0.2) is 88.7 Å². The lowest BCUT2D eigenvalue weighted by Crippen LogP contribution is -2.58. The summed E-state index contributed by atoms with van der Waals surface area (Å²) in [6.45, 7) is -0.119. The average molecular weight is 576 g/mol. The van der Waals surface area contributed by atoms with E-state index in [-0.39, 0.29) is 31.8 Å². The number of unbranched alkanes of at least 4 members (excludes halogenated alkanes) is 1. The molecule has 0 saturated heterocycles. The number of nitrogens with two attached hydrogens (primary N) is 4. The normalized spacial score (nSPS) is 13.9. The fraction of sp³-hybridized carbons (Fsp3) is 0.500. The van der Waals surface area contributed by atoms with E-state index >= 15 is 0 Å². The van der Waals surface area contributed by atoms with Gasteiger partial charge in [0.25, 0.3) is 0 Å². The highest BCUT2D eigenvalue weighted by Gasteiger charge is 2.30. The number of aliphatic hydroxyl groups excluding tert-OH is 1. The Balaban J connectivity index is 2.17. The van der Waals surface area contributed by atoms with Crippen LogP contribution in [0.2, 0.25) is 0 Å². The van der Waals surface area contributed by atoms with Gasteiger partial charge in [-0.05, 0) is 50.3 Å². The van der Waals surface area contributed by atoms with Crippen LogP contribution >= 0.6 is 0 Å². The second-order valence-electron chi connectivity index (χ2n) is 9.61. The molecular formula is C26H41N9O6. The molecule has 0 aliphatic carbocycles. The Labute approximate surface area is 237 Å². The molecular weight excluding hydrogens is 534 g/mol. The topological polar surface area (TPSA) is 277 Å². The molecule has 14 N–H and O–H groups in total. The van der Waals surface area contributed by atoms with Crippen LogP contribution in [0.15, 0.2) is 35.5 Å². The number of carbonyl (C=O) groups is 4. The van der Waals surface area contributed by atoms with Gasteiger partial charge in [-0.3, -0.25) is 19.4 Å². The van der Waals surface area contributed by atoms with Crippen molar-refractivity contribution >= 4 is 40.6 Å². The van der Waals surface area contributed by atoms with Crippen molar-refractivity contribution in [1.29, 1.82) is 0 Å². The van der Waals surface area contributed by atoms with Crippen LogP contribution in [0, 0.1) is 0 Å². The summed E-state index contributed by atoms with van der Waals surface area (Å²) < 4.78 is 0. The van der Waals surface area contributed by atoms with Gasteiger partial charge in [0, 0.05) is 30.1 Å². The summed E-state index contributed by atoms with van der Waals surface area (Å²) >= 11 is 0. The molecule has 0 saturated carbocycles.